The van der Waals surface area contributed by atoms with Crippen LogP contribution in [0.15, 0.2) is 39.6 Å². The van der Waals surface area contributed by atoms with Crippen molar-refractivity contribution in [2.45, 2.75) is 42.8 Å². The average molecular weight is 437 g/mol. The van der Waals surface area contributed by atoms with Crippen LogP contribution in [0.1, 0.15) is 18.6 Å². The van der Waals surface area contributed by atoms with E-state index in [4.69, 9.17) is 10.2 Å². The van der Waals surface area contributed by atoms with Gasteiger partial charge in [-0.2, -0.15) is 4.31 Å². The maximum absolute atomic E-state index is 14.7. The Balaban J connectivity index is 1.63. The van der Waals surface area contributed by atoms with Crippen molar-refractivity contribution in [3.63, 3.8) is 0 Å². The number of furan rings is 1. The molecule has 3 N–H and O–H groups in total. The van der Waals surface area contributed by atoms with Crippen LogP contribution in [0.25, 0.3) is 11.3 Å². The fourth-order valence-electron chi connectivity index (χ4n) is 4.04. The number of aliphatic hydroxyl groups is 1. The van der Waals surface area contributed by atoms with Gasteiger partial charge in [-0.25, -0.2) is 12.8 Å². The van der Waals surface area contributed by atoms with Crippen LogP contribution in [-0.2, 0) is 14.8 Å². The quantitative estimate of drug-likeness (QED) is 0.739. The number of halogens is 1. The molecular weight excluding hydrogens is 413 g/mol. The summed E-state index contributed by atoms with van der Waals surface area (Å²) < 4.78 is 47.5. The number of benzene rings is 1. The van der Waals surface area contributed by atoms with E-state index in [1.807, 2.05) is 0 Å². The zero-order chi connectivity index (χ0) is 21.6. The van der Waals surface area contributed by atoms with E-state index >= 15 is 0 Å². The topological polar surface area (TPSA) is 117 Å². The van der Waals surface area contributed by atoms with Crippen molar-refractivity contribution in [1.29, 1.82) is 0 Å². The lowest BCUT2D eigenvalue weighted by molar-refractivity contribution is -0.133. The zero-order valence-electron chi connectivity index (χ0n) is 16.5. The van der Waals surface area contributed by atoms with Crippen LogP contribution < -0.4 is 5.73 Å². The Morgan fingerprint density at radius 2 is 2.03 bits per heavy atom. The molecule has 0 spiro atoms. The lowest BCUT2D eigenvalue weighted by atomic mass is 10.1. The third kappa shape index (κ3) is 3.76. The first kappa shape index (κ1) is 21.0. The van der Waals surface area contributed by atoms with Crippen LogP contribution in [0.2, 0.25) is 0 Å². The third-order valence-corrected chi connectivity index (χ3v) is 7.48. The number of hydrogen-bond donors (Lipinski definition) is 2. The van der Waals surface area contributed by atoms with Crippen LogP contribution in [-0.4, -0.2) is 66.5 Å². The Morgan fingerprint density at radius 3 is 2.63 bits per heavy atom. The van der Waals surface area contributed by atoms with Gasteiger partial charge < -0.3 is 20.2 Å². The number of hydrogen-bond acceptors (Lipinski definition) is 6. The Bertz CT molecular complexity index is 1070. The van der Waals surface area contributed by atoms with Crippen molar-refractivity contribution >= 4 is 15.9 Å². The second-order valence-corrected chi connectivity index (χ2v) is 9.76. The molecule has 3 heterocycles. The average Bonchev–Trinajstić information content (AvgIpc) is 3.41. The summed E-state index contributed by atoms with van der Waals surface area (Å²) in [5.41, 5.74) is 6.00. The van der Waals surface area contributed by atoms with Crippen molar-refractivity contribution in [3.05, 3.63) is 41.9 Å². The summed E-state index contributed by atoms with van der Waals surface area (Å²) in [6.45, 7) is 2.31. The predicted octanol–water partition coefficient (Wildman–Crippen LogP) is 1.08. The lowest BCUT2D eigenvalue weighted by Crippen LogP contribution is -2.47. The van der Waals surface area contributed by atoms with Gasteiger partial charge in [0.1, 0.15) is 23.4 Å². The molecule has 0 saturated carbocycles. The number of nitrogens with two attached hydrogens (primary N) is 1. The fourth-order valence-corrected chi connectivity index (χ4v) is 5.69. The first-order chi connectivity index (χ1) is 14.2. The molecule has 1 aromatic heterocycles. The summed E-state index contributed by atoms with van der Waals surface area (Å²) in [7, 11) is -4.20. The highest BCUT2D eigenvalue weighted by Gasteiger charge is 2.45. The van der Waals surface area contributed by atoms with Gasteiger partial charge in [-0.15, -0.1) is 0 Å². The number of rotatable bonds is 4. The van der Waals surface area contributed by atoms with Crippen molar-refractivity contribution in [3.8, 4) is 11.3 Å². The molecule has 2 saturated heterocycles. The Labute approximate surface area is 174 Å². The second-order valence-electron chi connectivity index (χ2n) is 7.87. The van der Waals surface area contributed by atoms with E-state index in [9.17, 15) is 22.7 Å². The maximum atomic E-state index is 14.7. The minimum atomic E-state index is -4.20. The number of nitrogens with zero attached hydrogens (tertiary/aromatic N) is 2. The minimum Gasteiger partial charge on any atom is -0.461 e. The van der Waals surface area contributed by atoms with Crippen LogP contribution in [0.4, 0.5) is 4.39 Å². The number of aryl methyl sites for hydroxylation is 1. The molecule has 162 valence electrons. The number of likely N-dealkylation sites (tertiary alicyclic amines) is 1. The zero-order valence-corrected chi connectivity index (χ0v) is 17.3. The monoisotopic (exact) mass is 437 g/mol. The Morgan fingerprint density at radius 1 is 1.27 bits per heavy atom. The smallest absolute Gasteiger partial charge is 0.243 e. The van der Waals surface area contributed by atoms with E-state index in [1.165, 1.54) is 17.0 Å². The van der Waals surface area contributed by atoms with Crippen LogP contribution >= 0.6 is 0 Å². The molecule has 30 heavy (non-hydrogen) atoms. The van der Waals surface area contributed by atoms with Crippen molar-refractivity contribution in [1.82, 2.24) is 9.21 Å². The molecular formula is C20H24FN3O5S. The largest absolute Gasteiger partial charge is 0.461 e. The number of sulfonamides is 1. The SMILES string of the molecule is Cc1ccc(-c2ccc(S(=O)(=O)N3C[C@H](O)C[C@H]3C(=O)N3CC[C@@H](N)C3)cc2F)o1. The number of β-amino-alcohol motifs (C(OH)–C–C–N with tert-alkyl or cyclic N) is 1. The summed E-state index contributed by atoms with van der Waals surface area (Å²) in [5.74, 6) is -0.233. The van der Waals surface area contributed by atoms with Gasteiger partial charge in [0.05, 0.1) is 16.6 Å². The molecule has 2 fully saturated rings. The molecule has 3 atom stereocenters. The highest BCUT2D eigenvalue weighted by molar-refractivity contribution is 7.89. The van der Waals surface area contributed by atoms with E-state index in [0.29, 0.717) is 31.0 Å². The second kappa shape index (κ2) is 7.77. The normalized spacial score (nSPS) is 25.2. The van der Waals surface area contributed by atoms with Gasteiger partial charge in [-0.1, -0.05) is 0 Å². The van der Waals surface area contributed by atoms with E-state index in [0.717, 1.165) is 10.4 Å². The maximum Gasteiger partial charge on any atom is 0.243 e. The highest BCUT2D eigenvalue weighted by Crippen LogP contribution is 2.31. The van der Waals surface area contributed by atoms with Crippen LogP contribution in [0.3, 0.4) is 0 Å². The number of amides is 1. The summed E-state index contributed by atoms with van der Waals surface area (Å²) in [4.78, 5) is 14.1. The molecule has 10 heteroatoms. The summed E-state index contributed by atoms with van der Waals surface area (Å²) in [6.07, 6.45) is -0.330. The van der Waals surface area contributed by atoms with Crippen LogP contribution in [0, 0.1) is 12.7 Å². The Hall–Kier alpha value is -2.27. The van der Waals surface area contributed by atoms with Gasteiger partial charge in [0, 0.05) is 32.1 Å². The van der Waals surface area contributed by atoms with Crippen molar-refractivity contribution in [2.75, 3.05) is 19.6 Å². The fraction of sp³-hybridized carbons (Fsp3) is 0.450. The molecule has 8 nitrogen and oxygen atoms in total. The molecule has 2 aliphatic heterocycles. The summed E-state index contributed by atoms with van der Waals surface area (Å²) >= 11 is 0. The number of carbonyl (C=O) groups excluding carboxylic acids is 1. The molecule has 0 aliphatic carbocycles. The molecule has 1 amide bonds. The minimum absolute atomic E-state index is 0.00393. The van der Waals surface area contributed by atoms with Gasteiger partial charge in [-0.05, 0) is 43.7 Å². The molecule has 0 bridgehead atoms. The van der Waals surface area contributed by atoms with E-state index in [-0.39, 0.29) is 35.4 Å². The summed E-state index contributed by atoms with van der Waals surface area (Å²) in [5, 5.41) is 10.1. The highest BCUT2D eigenvalue weighted by atomic mass is 32.2. The summed E-state index contributed by atoms with van der Waals surface area (Å²) in [6, 6.07) is 5.65. The standard InChI is InChI=1S/C20H24FN3O5S/c1-12-2-5-19(29-12)16-4-3-15(9-17(16)21)30(27,28)24-11-14(25)8-18(24)20(26)23-7-6-13(22)10-23/h2-5,9,13-14,18,25H,6-8,10-11,22H2,1H3/t13-,14-,18+/m1/s1. The first-order valence-electron chi connectivity index (χ1n) is 9.77. The molecule has 2 aliphatic rings. The molecule has 0 radical (unpaired) electrons. The van der Waals surface area contributed by atoms with Crippen molar-refractivity contribution in [2.24, 2.45) is 5.73 Å². The van der Waals surface area contributed by atoms with Gasteiger partial charge in [-0.3, -0.25) is 4.79 Å². The molecule has 2 aromatic rings. The molecule has 1 aromatic carbocycles. The lowest BCUT2D eigenvalue weighted by Gasteiger charge is -2.27. The van der Waals surface area contributed by atoms with Crippen molar-refractivity contribution < 1.29 is 27.1 Å². The predicted molar refractivity (Wildman–Crippen MR) is 106 cm³/mol. The Kier molecular flexibility index (Phi) is 5.43. The van der Waals surface area contributed by atoms with E-state index in [1.54, 1.807) is 19.1 Å². The van der Waals surface area contributed by atoms with Gasteiger partial charge in [0.2, 0.25) is 15.9 Å². The third-order valence-electron chi connectivity index (χ3n) is 5.61. The van der Waals surface area contributed by atoms with E-state index < -0.39 is 28.0 Å². The van der Waals surface area contributed by atoms with Crippen LogP contribution in [0.5, 0.6) is 0 Å². The molecule has 4 rings (SSSR count). The van der Waals surface area contributed by atoms with Gasteiger partial charge in [0.25, 0.3) is 0 Å². The first-order valence-corrected chi connectivity index (χ1v) is 11.2. The van der Waals surface area contributed by atoms with Gasteiger partial charge in [0.15, 0.2) is 0 Å². The van der Waals surface area contributed by atoms with Gasteiger partial charge >= 0.3 is 0 Å². The number of carbonyl (C=O) groups is 1. The number of aliphatic hydroxyl groups excluding tert-OH is 1. The van der Waals surface area contributed by atoms with E-state index in [2.05, 4.69) is 0 Å². The molecule has 0 unspecified atom stereocenters.